The summed E-state index contributed by atoms with van der Waals surface area (Å²) in [6.45, 7) is 3.85. The molecule has 2 atom stereocenters. The Morgan fingerprint density at radius 1 is 1.17 bits per heavy atom. The van der Waals surface area contributed by atoms with Gasteiger partial charge >= 0.3 is 0 Å². The summed E-state index contributed by atoms with van der Waals surface area (Å²) in [6.07, 6.45) is 0. The third kappa shape index (κ3) is 3.15. The van der Waals surface area contributed by atoms with Gasteiger partial charge in [0.2, 0.25) is 0 Å². The van der Waals surface area contributed by atoms with Gasteiger partial charge in [-0.1, -0.05) is 0 Å². The van der Waals surface area contributed by atoms with Crippen molar-refractivity contribution >= 4 is 11.8 Å². The molecule has 0 saturated heterocycles. The van der Waals surface area contributed by atoms with Gasteiger partial charge in [-0.15, -0.1) is 11.8 Å². The maximum atomic E-state index is 12.9. The minimum absolute atomic E-state index is 0.0316. The van der Waals surface area contributed by atoms with Crippen molar-refractivity contribution in [1.29, 1.82) is 0 Å². The third-order valence-corrected chi connectivity index (χ3v) is 4.06. The number of nitrogens with two attached hydrogens (primary N) is 1. The van der Waals surface area contributed by atoms with E-state index in [1.54, 1.807) is 23.9 Å². The number of hydrogen-bond donors (Lipinski definition) is 1. The second-order valence-electron chi connectivity index (χ2n) is 4.30. The fourth-order valence-corrected chi connectivity index (χ4v) is 2.73. The zero-order valence-corrected chi connectivity index (χ0v) is 11.2. The average molecular weight is 265 g/mol. The molecule has 2 nitrogen and oxygen atoms in total. The molecular weight excluding hydrogens is 249 g/mol. The van der Waals surface area contributed by atoms with E-state index in [0.29, 0.717) is 0 Å². The van der Waals surface area contributed by atoms with E-state index in [2.05, 4.69) is 0 Å². The van der Waals surface area contributed by atoms with Crippen molar-refractivity contribution in [2.45, 2.75) is 30.0 Å². The quantitative estimate of drug-likeness (QED) is 0.852. The van der Waals surface area contributed by atoms with Crippen molar-refractivity contribution in [1.82, 2.24) is 0 Å². The van der Waals surface area contributed by atoms with Crippen LogP contribution in [0.25, 0.3) is 0 Å². The number of benzene rings is 1. The highest BCUT2D eigenvalue weighted by atomic mass is 32.2. The van der Waals surface area contributed by atoms with Gasteiger partial charge in [-0.05, 0) is 50.2 Å². The zero-order valence-electron chi connectivity index (χ0n) is 10.4. The van der Waals surface area contributed by atoms with Crippen LogP contribution in [0.15, 0.2) is 45.7 Å². The van der Waals surface area contributed by atoms with Crippen LogP contribution in [-0.2, 0) is 0 Å². The molecule has 0 radical (unpaired) electrons. The van der Waals surface area contributed by atoms with Gasteiger partial charge in [0.05, 0.1) is 5.25 Å². The fourth-order valence-electron chi connectivity index (χ4n) is 1.69. The zero-order chi connectivity index (χ0) is 13.1. The van der Waals surface area contributed by atoms with Gasteiger partial charge in [0.25, 0.3) is 0 Å². The van der Waals surface area contributed by atoms with Crippen molar-refractivity contribution < 1.29 is 8.81 Å². The SMILES string of the molecule is Cc1ccc(C(Sc2ccc(F)cc2)C(C)N)o1. The molecule has 1 heterocycles. The fraction of sp³-hybridized carbons (Fsp3) is 0.286. The number of halogens is 1. The molecule has 96 valence electrons. The van der Waals surface area contributed by atoms with Gasteiger partial charge in [-0.2, -0.15) is 0 Å². The minimum atomic E-state index is -0.231. The highest BCUT2D eigenvalue weighted by molar-refractivity contribution is 7.99. The van der Waals surface area contributed by atoms with E-state index in [1.165, 1.54) is 12.1 Å². The second-order valence-corrected chi connectivity index (χ2v) is 5.51. The van der Waals surface area contributed by atoms with Crippen LogP contribution in [0.4, 0.5) is 4.39 Å². The molecule has 0 saturated carbocycles. The Bertz CT molecular complexity index is 507. The summed E-state index contributed by atoms with van der Waals surface area (Å²) in [4.78, 5) is 0.979. The topological polar surface area (TPSA) is 39.2 Å². The molecule has 2 N–H and O–H groups in total. The largest absolute Gasteiger partial charge is 0.465 e. The minimum Gasteiger partial charge on any atom is -0.465 e. The van der Waals surface area contributed by atoms with Crippen LogP contribution in [0, 0.1) is 12.7 Å². The van der Waals surface area contributed by atoms with Crippen molar-refractivity contribution in [3.8, 4) is 0 Å². The Kier molecular flexibility index (Phi) is 4.09. The molecule has 0 amide bonds. The maximum absolute atomic E-state index is 12.9. The summed E-state index contributed by atoms with van der Waals surface area (Å²) < 4.78 is 18.5. The third-order valence-electron chi connectivity index (χ3n) is 2.60. The number of aryl methyl sites for hydroxylation is 1. The molecule has 18 heavy (non-hydrogen) atoms. The Hall–Kier alpha value is -1.26. The molecular formula is C14H16FNOS. The van der Waals surface area contributed by atoms with Gasteiger partial charge in [-0.3, -0.25) is 0 Å². The van der Waals surface area contributed by atoms with E-state index in [9.17, 15) is 4.39 Å². The molecule has 1 aromatic carbocycles. The smallest absolute Gasteiger partial charge is 0.123 e. The lowest BCUT2D eigenvalue weighted by atomic mass is 10.2. The lowest BCUT2D eigenvalue weighted by molar-refractivity contribution is 0.465. The highest BCUT2D eigenvalue weighted by Gasteiger charge is 2.21. The predicted molar refractivity (Wildman–Crippen MR) is 72.1 cm³/mol. The molecule has 0 aliphatic carbocycles. The summed E-state index contributed by atoms with van der Waals surface area (Å²) in [5.41, 5.74) is 6.00. The first-order chi connectivity index (χ1) is 8.56. The standard InChI is InChI=1S/C14H16FNOS/c1-9-3-8-13(17-9)14(10(2)16)18-12-6-4-11(15)5-7-12/h3-8,10,14H,16H2,1-2H3. The monoisotopic (exact) mass is 265 g/mol. The predicted octanol–water partition coefficient (Wildman–Crippen LogP) is 3.91. The van der Waals surface area contributed by atoms with Crippen molar-refractivity contribution in [3.05, 3.63) is 53.7 Å². The van der Waals surface area contributed by atoms with Crippen LogP contribution in [0.2, 0.25) is 0 Å². The van der Waals surface area contributed by atoms with Gasteiger partial charge in [-0.25, -0.2) is 4.39 Å². The summed E-state index contributed by atoms with van der Waals surface area (Å²) in [7, 11) is 0. The Labute approximate surface area is 110 Å². The van der Waals surface area contributed by atoms with E-state index < -0.39 is 0 Å². The van der Waals surface area contributed by atoms with Crippen LogP contribution in [0.1, 0.15) is 23.7 Å². The number of hydrogen-bond acceptors (Lipinski definition) is 3. The highest BCUT2D eigenvalue weighted by Crippen LogP contribution is 2.37. The number of furan rings is 1. The van der Waals surface area contributed by atoms with E-state index in [-0.39, 0.29) is 17.1 Å². The molecule has 0 aliphatic heterocycles. The molecule has 0 bridgehead atoms. The average Bonchev–Trinajstić information content (AvgIpc) is 2.74. The van der Waals surface area contributed by atoms with Gasteiger partial charge in [0.1, 0.15) is 17.3 Å². The Morgan fingerprint density at radius 3 is 2.33 bits per heavy atom. The summed E-state index contributed by atoms with van der Waals surface area (Å²) >= 11 is 1.59. The first-order valence-corrected chi connectivity index (χ1v) is 6.68. The lowest BCUT2D eigenvalue weighted by Crippen LogP contribution is -2.22. The van der Waals surface area contributed by atoms with E-state index in [0.717, 1.165) is 16.4 Å². The second kappa shape index (κ2) is 5.59. The van der Waals surface area contributed by atoms with Crippen LogP contribution >= 0.6 is 11.8 Å². The molecule has 2 unspecified atom stereocenters. The Balaban J connectivity index is 2.19. The van der Waals surface area contributed by atoms with Crippen LogP contribution in [0.3, 0.4) is 0 Å². The van der Waals surface area contributed by atoms with E-state index in [4.69, 9.17) is 10.2 Å². The maximum Gasteiger partial charge on any atom is 0.123 e. The van der Waals surface area contributed by atoms with E-state index >= 15 is 0 Å². The number of rotatable bonds is 4. The van der Waals surface area contributed by atoms with Crippen molar-refractivity contribution in [2.75, 3.05) is 0 Å². The molecule has 4 heteroatoms. The van der Waals surface area contributed by atoms with Crippen molar-refractivity contribution in [2.24, 2.45) is 5.73 Å². The first-order valence-electron chi connectivity index (χ1n) is 5.80. The van der Waals surface area contributed by atoms with Gasteiger partial charge < -0.3 is 10.2 Å². The Morgan fingerprint density at radius 2 is 1.83 bits per heavy atom. The van der Waals surface area contributed by atoms with Crippen LogP contribution < -0.4 is 5.73 Å². The normalized spacial score (nSPS) is 14.4. The summed E-state index contributed by atoms with van der Waals surface area (Å²) in [6, 6.07) is 10.2. The van der Waals surface area contributed by atoms with E-state index in [1.807, 2.05) is 26.0 Å². The summed E-state index contributed by atoms with van der Waals surface area (Å²) in [5.74, 6) is 1.50. The van der Waals surface area contributed by atoms with Crippen LogP contribution in [0.5, 0.6) is 0 Å². The molecule has 0 fully saturated rings. The number of thioether (sulfide) groups is 1. The summed E-state index contributed by atoms with van der Waals surface area (Å²) in [5, 5.41) is 0.0316. The molecule has 2 rings (SSSR count). The van der Waals surface area contributed by atoms with Crippen molar-refractivity contribution in [3.63, 3.8) is 0 Å². The van der Waals surface area contributed by atoms with Crippen LogP contribution in [-0.4, -0.2) is 6.04 Å². The molecule has 1 aromatic heterocycles. The molecule has 2 aromatic rings. The molecule has 0 spiro atoms. The lowest BCUT2D eigenvalue weighted by Gasteiger charge is -2.18. The molecule has 0 aliphatic rings. The first kappa shape index (κ1) is 13.2. The van der Waals surface area contributed by atoms with Gasteiger partial charge in [0, 0.05) is 10.9 Å². The van der Waals surface area contributed by atoms with Gasteiger partial charge in [0.15, 0.2) is 0 Å².